The molecule has 0 aliphatic heterocycles. The summed E-state index contributed by atoms with van der Waals surface area (Å²) in [6.07, 6.45) is 6.17. The van der Waals surface area contributed by atoms with Crippen molar-refractivity contribution in [2.24, 2.45) is 0 Å². The van der Waals surface area contributed by atoms with Gasteiger partial charge in [0.1, 0.15) is 0 Å². The molecule has 0 aromatic carbocycles. The zero-order valence-corrected chi connectivity index (χ0v) is 27.6. The standard InChI is InChI=1S/2C4H8O3.3C4H9.C3H7O.O.2Sn/c2*1-2-3-7-4(5)6;3*1-3-4-2;1-2-3-4;;;/h2*2-3H2,1H3,(H,5,6);3*1,3-4H2,2H3;2-3H2,1H3;;;/q;;;;;-1;;+1;+2/p-2. The van der Waals surface area contributed by atoms with Crippen LogP contribution in [-0.2, 0) is 20.1 Å². The van der Waals surface area contributed by atoms with Gasteiger partial charge in [-0.2, -0.15) is 0 Å². The Morgan fingerprint density at radius 2 is 1.03 bits per heavy atom. The summed E-state index contributed by atoms with van der Waals surface area (Å²) in [5, 5.41) is 0. The van der Waals surface area contributed by atoms with Gasteiger partial charge in [0, 0.05) is 0 Å². The van der Waals surface area contributed by atoms with Gasteiger partial charge in [-0.15, -0.1) is 0 Å². The van der Waals surface area contributed by atoms with Crippen molar-refractivity contribution >= 4 is 51.1 Å². The number of ether oxygens (including phenoxy) is 2. The number of hydrogen-bond acceptors (Lipinski definition) is 8. The molecule has 33 heavy (non-hydrogen) atoms. The minimum absolute atomic E-state index is 0.280. The fourth-order valence-corrected chi connectivity index (χ4v) is 38.4. The Labute approximate surface area is 212 Å². The molecule has 0 spiro atoms. The van der Waals surface area contributed by atoms with Gasteiger partial charge >= 0.3 is 213 Å². The van der Waals surface area contributed by atoms with Crippen LogP contribution in [0.15, 0.2) is 0 Å². The van der Waals surface area contributed by atoms with Crippen LogP contribution >= 0.6 is 0 Å². The summed E-state index contributed by atoms with van der Waals surface area (Å²) in [5.74, 6) is 0. The molecule has 0 aromatic rings. The number of rotatable bonds is 20. The predicted molar refractivity (Wildman–Crippen MR) is 133 cm³/mol. The molecule has 0 saturated heterocycles. The van der Waals surface area contributed by atoms with E-state index in [1.807, 2.05) is 20.8 Å². The van der Waals surface area contributed by atoms with Crippen molar-refractivity contribution in [1.29, 1.82) is 0 Å². The van der Waals surface area contributed by atoms with Crippen LogP contribution in [0.1, 0.15) is 99.3 Å². The normalized spacial score (nSPS) is 13.3. The molecule has 0 aliphatic rings. The van der Waals surface area contributed by atoms with Gasteiger partial charge in [-0.25, -0.2) is 0 Å². The van der Waals surface area contributed by atoms with E-state index in [0.29, 0.717) is 39.4 Å². The monoisotopic (exact) mass is 692 g/mol. The molecular formula is C23H48O8Sn2. The third-order valence-corrected chi connectivity index (χ3v) is 33.8. The Morgan fingerprint density at radius 3 is 1.48 bits per heavy atom. The summed E-state index contributed by atoms with van der Waals surface area (Å²) < 4.78 is 37.7. The van der Waals surface area contributed by atoms with E-state index in [2.05, 4.69) is 20.8 Å². The van der Waals surface area contributed by atoms with Gasteiger partial charge in [0.05, 0.1) is 0 Å². The van der Waals surface area contributed by atoms with E-state index in [1.54, 1.807) is 0 Å². The maximum atomic E-state index is 12.6. The van der Waals surface area contributed by atoms with E-state index in [9.17, 15) is 9.59 Å². The van der Waals surface area contributed by atoms with Crippen molar-refractivity contribution in [3.63, 3.8) is 0 Å². The third-order valence-electron chi connectivity index (χ3n) is 4.88. The minimum atomic E-state index is -4.46. The Bertz CT molecular complexity index is 459. The van der Waals surface area contributed by atoms with Crippen LogP contribution in [-0.4, -0.2) is 71.0 Å². The van der Waals surface area contributed by atoms with Crippen molar-refractivity contribution < 1.29 is 29.7 Å². The quantitative estimate of drug-likeness (QED) is 0.0970. The topological polar surface area (TPSA) is 89.5 Å². The summed E-state index contributed by atoms with van der Waals surface area (Å²) in [6, 6.07) is 0. The SMILES string of the molecule is CCC[CH2][Sn]([CH2]CCC)([O]C(=O)OCCC)[O][Sn]([CH2]CCC)([O]CCC)[O]C(=O)OCCC. The summed E-state index contributed by atoms with van der Waals surface area (Å²) in [4.78, 5) is 25.2. The Hall–Kier alpha value is 0.0574. The number of carbonyl (C=O) groups excluding carboxylic acids is 2. The second kappa shape index (κ2) is 20.3. The zero-order chi connectivity index (χ0) is 25.0. The fraction of sp³-hybridized carbons (Fsp3) is 0.913. The number of unbranched alkanes of at least 4 members (excludes halogenated alkanes) is 3. The molecule has 0 saturated carbocycles. The Balaban J connectivity index is 6.13. The van der Waals surface area contributed by atoms with Gasteiger partial charge in [-0.1, -0.05) is 0 Å². The molecule has 0 rings (SSSR count). The molecule has 0 fully saturated rings. The molecule has 0 N–H and O–H groups in total. The summed E-state index contributed by atoms with van der Waals surface area (Å²) in [7, 11) is 0. The molecular weight excluding hydrogens is 642 g/mol. The number of carbonyl (C=O) groups is 2. The molecule has 0 aromatic heterocycles. The van der Waals surface area contributed by atoms with Crippen molar-refractivity contribution in [3.8, 4) is 0 Å². The van der Waals surface area contributed by atoms with Crippen LogP contribution in [0.3, 0.4) is 0 Å². The zero-order valence-electron chi connectivity index (χ0n) is 21.9. The van der Waals surface area contributed by atoms with Crippen LogP contribution in [0.2, 0.25) is 13.3 Å². The van der Waals surface area contributed by atoms with Crippen LogP contribution in [0.5, 0.6) is 0 Å². The van der Waals surface area contributed by atoms with Gasteiger partial charge < -0.3 is 0 Å². The maximum absolute atomic E-state index is 12.6. The van der Waals surface area contributed by atoms with Crippen molar-refractivity contribution in [1.82, 2.24) is 0 Å². The first-order valence-electron chi connectivity index (χ1n) is 12.9. The third kappa shape index (κ3) is 14.9. The van der Waals surface area contributed by atoms with E-state index in [1.165, 1.54) is 0 Å². The Morgan fingerprint density at radius 1 is 0.576 bits per heavy atom. The molecule has 10 heteroatoms. The molecule has 0 heterocycles. The van der Waals surface area contributed by atoms with E-state index < -0.39 is 51.1 Å². The van der Waals surface area contributed by atoms with Gasteiger partial charge in [0.15, 0.2) is 0 Å². The average Bonchev–Trinajstić information content (AvgIpc) is 2.81. The van der Waals surface area contributed by atoms with E-state index in [0.717, 1.165) is 44.9 Å². The van der Waals surface area contributed by atoms with E-state index >= 15 is 0 Å². The Kier molecular flexibility index (Phi) is 20.3. The first kappa shape index (κ1) is 33.1. The molecule has 0 aliphatic carbocycles. The molecule has 0 radical (unpaired) electrons. The summed E-state index contributed by atoms with van der Waals surface area (Å²) in [5.41, 5.74) is 0. The van der Waals surface area contributed by atoms with Crippen molar-refractivity contribution in [2.45, 2.75) is 113 Å². The van der Waals surface area contributed by atoms with Crippen LogP contribution in [0, 0.1) is 0 Å². The van der Waals surface area contributed by atoms with Crippen LogP contribution in [0.4, 0.5) is 9.59 Å². The molecule has 0 amide bonds. The summed E-state index contributed by atoms with van der Waals surface area (Å²) in [6.45, 7) is 13.2. The predicted octanol–water partition coefficient (Wildman–Crippen LogP) is 7.34. The van der Waals surface area contributed by atoms with Crippen LogP contribution < -0.4 is 0 Å². The molecule has 1 unspecified atom stereocenters. The first-order valence-corrected chi connectivity index (χ1v) is 24.8. The summed E-state index contributed by atoms with van der Waals surface area (Å²) >= 11 is -8.54. The van der Waals surface area contributed by atoms with E-state index in [-0.39, 0.29) is 6.61 Å². The fourth-order valence-electron chi connectivity index (χ4n) is 3.14. The second-order valence-corrected chi connectivity index (χ2v) is 28.1. The van der Waals surface area contributed by atoms with Gasteiger partial charge in [0.2, 0.25) is 0 Å². The van der Waals surface area contributed by atoms with Crippen LogP contribution in [0.25, 0.3) is 0 Å². The van der Waals surface area contributed by atoms with E-state index in [4.69, 9.17) is 20.1 Å². The molecule has 8 nitrogen and oxygen atoms in total. The van der Waals surface area contributed by atoms with Crippen molar-refractivity contribution in [3.05, 3.63) is 0 Å². The van der Waals surface area contributed by atoms with Gasteiger partial charge in [0.25, 0.3) is 0 Å². The molecule has 0 bridgehead atoms. The van der Waals surface area contributed by atoms with Gasteiger partial charge in [-0.3, -0.25) is 0 Å². The van der Waals surface area contributed by atoms with Crippen molar-refractivity contribution in [2.75, 3.05) is 19.8 Å². The molecule has 1 atom stereocenters. The number of hydrogen-bond donors (Lipinski definition) is 0. The van der Waals surface area contributed by atoms with Gasteiger partial charge in [-0.05, 0) is 0 Å². The first-order chi connectivity index (χ1) is 15.9. The average molecular weight is 690 g/mol. The molecule has 196 valence electrons. The second-order valence-electron chi connectivity index (χ2n) is 8.26.